The van der Waals surface area contributed by atoms with E-state index in [-0.39, 0.29) is 5.97 Å². The Morgan fingerprint density at radius 2 is 2.35 bits per heavy atom. The number of rotatable bonds is 3. The number of esters is 1. The molecule has 0 spiro atoms. The van der Waals surface area contributed by atoms with Crippen LogP contribution in [0.3, 0.4) is 0 Å². The molecule has 2 rings (SSSR count). The first-order valence-corrected chi connectivity index (χ1v) is 5.16. The van der Waals surface area contributed by atoms with Crippen LogP contribution in [0.2, 0.25) is 0 Å². The molecule has 5 heteroatoms. The molecule has 0 fully saturated rings. The first kappa shape index (κ1) is 11.3. The minimum Gasteiger partial charge on any atom is -0.465 e. The molecule has 0 aliphatic carbocycles. The van der Waals surface area contributed by atoms with Gasteiger partial charge >= 0.3 is 5.97 Å². The van der Waals surface area contributed by atoms with Crippen molar-refractivity contribution in [1.82, 2.24) is 9.55 Å². The minimum absolute atomic E-state index is 0.383. The van der Waals surface area contributed by atoms with E-state index in [4.69, 9.17) is 10.5 Å². The number of ether oxygens (including phenoxy) is 1. The van der Waals surface area contributed by atoms with Crippen molar-refractivity contribution in [2.45, 2.75) is 6.54 Å². The van der Waals surface area contributed by atoms with Gasteiger partial charge in [-0.2, -0.15) is 0 Å². The molecular formula is C12H13N3O2. The Bertz CT molecular complexity index is 521. The van der Waals surface area contributed by atoms with Gasteiger partial charge < -0.3 is 15.0 Å². The summed E-state index contributed by atoms with van der Waals surface area (Å²) in [4.78, 5) is 15.7. The predicted molar refractivity (Wildman–Crippen MR) is 62.8 cm³/mol. The van der Waals surface area contributed by atoms with Gasteiger partial charge in [-0.05, 0) is 17.7 Å². The molecule has 17 heavy (non-hydrogen) atoms. The fourth-order valence-electron chi connectivity index (χ4n) is 1.61. The molecule has 0 saturated carbocycles. The van der Waals surface area contributed by atoms with Crippen molar-refractivity contribution in [3.05, 3.63) is 48.0 Å². The van der Waals surface area contributed by atoms with Gasteiger partial charge in [0.1, 0.15) is 0 Å². The predicted octanol–water partition coefficient (Wildman–Crippen LogP) is 1.12. The fraction of sp³-hybridized carbons (Fsp3) is 0.167. The normalized spacial score (nSPS) is 10.2. The lowest BCUT2D eigenvalue weighted by molar-refractivity contribution is 0.0600. The Kier molecular flexibility index (Phi) is 3.20. The molecule has 5 nitrogen and oxygen atoms in total. The van der Waals surface area contributed by atoms with E-state index in [0.29, 0.717) is 12.1 Å². The molecule has 0 radical (unpaired) electrons. The molecule has 1 aromatic heterocycles. The highest BCUT2D eigenvalue weighted by atomic mass is 16.5. The molecule has 0 atom stereocenters. The summed E-state index contributed by atoms with van der Waals surface area (Å²) < 4.78 is 6.52. The van der Waals surface area contributed by atoms with E-state index in [2.05, 4.69) is 4.98 Å². The highest BCUT2D eigenvalue weighted by Crippen LogP contribution is 2.17. The number of imidazole rings is 1. The van der Waals surface area contributed by atoms with Crippen LogP contribution in [0.4, 0.5) is 0 Å². The lowest BCUT2D eigenvalue weighted by Crippen LogP contribution is -2.09. The molecule has 0 bridgehead atoms. The van der Waals surface area contributed by atoms with Crippen molar-refractivity contribution in [1.29, 1.82) is 0 Å². The van der Waals surface area contributed by atoms with Crippen LogP contribution in [0.25, 0.3) is 5.69 Å². The lowest BCUT2D eigenvalue weighted by Gasteiger charge is -2.10. The first-order chi connectivity index (χ1) is 8.26. The molecule has 0 aliphatic rings. The van der Waals surface area contributed by atoms with E-state index >= 15 is 0 Å². The molecule has 0 amide bonds. The van der Waals surface area contributed by atoms with Gasteiger partial charge in [-0.3, -0.25) is 0 Å². The van der Waals surface area contributed by atoms with Crippen LogP contribution in [0.1, 0.15) is 15.9 Å². The first-order valence-electron chi connectivity index (χ1n) is 5.16. The number of hydrogen-bond acceptors (Lipinski definition) is 4. The van der Waals surface area contributed by atoms with Crippen molar-refractivity contribution in [3.63, 3.8) is 0 Å². The Morgan fingerprint density at radius 3 is 2.94 bits per heavy atom. The number of benzene rings is 1. The van der Waals surface area contributed by atoms with Gasteiger partial charge in [0.05, 0.1) is 24.7 Å². The Labute approximate surface area is 98.8 Å². The maximum atomic E-state index is 11.7. The second-order valence-electron chi connectivity index (χ2n) is 3.52. The van der Waals surface area contributed by atoms with E-state index in [1.807, 2.05) is 12.1 Å². The number of aromatic nitrogens is 2. The van der Waals surface area contributed by atoms with Crippen molar-refractivity contribution in [3.8, 4) is 5.69 Å². The number of methoxy groups -OCH3 is 1. The molecular weight excluding hydrogens is 218 g/mol. The van der Waals surface area contributed by atoms with E-state index in [1.165, 1.54) is 7.11 Å². The summed E-state index contributed by atoms with van der Waals surface area (Å²) in [6, 6.07) is 5.44. The van der Waals surface area contributed by atoms with Gasteiger partial charge in [-0.1, -0.05) is 6.07 Å². The summed E-state index contributed by atoms with van der Waals surface area (Å²) in [5.41, 5.74) is 7.65. The van der Waals surface area contributed by atoms with Crippen LogP contribution in [-0.2, 0) is 11.3 Å². The van der Waals surface area contributed by atoms with E-state index in [0.717, 1.165) is 11.3 Å². The maximum Gasteiger partial charge on any atom is 0.340 e. The number of carbonyl (C=O) groups is 1. The van der Waals surface area contributed by atoms with Gasteiger partial charge in [-0.25, -0.2) is 9.78 Å². The second kappa shape index (κ2) is 4.80. The molecule has 0 aliphatic heterocycles. The van der Waals surface area contributed by atoms with Gasteiger partial charge in [-0.15, -0.1) is 0 Å². The van der Waals surface area contributed by atoms with Crippen molar-refractivity contribution in [2.24, 2.45) is 5.73 Å². The average Bonchev–Trinajstić information content (AvgIpc) is 2.90. The summed E-state index contributed by atoms with van der Waals surface area (Å²) >= 11 is 0. The summed E-state index contributed by atoms with van der Waals surface area (Å²) in [5, 5.41) is 0. The van der Waals surface area contributed by atoms with Gasteiger partial charge in [0.2, 0.25) is 0 Å². The highest BCUT2D eigenvalue weighted by Gasteiger charge is 2.13. The SMILES string of the molecule is COC(=O)c1cc(CN)ccc1-n1ccnc1. The smallest absolute Gasteiger partial charge is 0.340 e. The zero-order valence-electron chi connectivity index (χ0n) is 9.46. The quantitative estimate of drug-likeness (QED) is 0.803. The monoisotopic (exact) mass is 231 g/mol. The number of hydrogen-bond donors (Lipinski definition) is 1. The molecule has 1 aromatic carbocycles. The third-order valence-electron chi connectivity index (χ3n) is 2.48. The Morgan fingerprint density at radius 1 is 1.53 bits per heavy atom. The number of nitrogens with zero attached hydrogens (tertiary/aromatic N) is 2. The van der Waals surface area contributed by atoms with Crippen LogP contribution < -0.4 is 5.73 Å². The van der Waals surface area contributed by atoms with Gasteiger partial charge in [0.25, 0.3) is 0 Å². The number of nitrogens with two attached hydrogens (primary N) is 1. The number of carbonyl (C=O) groups excluding carboxylic acids is 1. The fourth-order valence-corrected chi connectivity index (χ4v) is 1.61. The van der Waals surface area contributed by atoms with Crippen LogP contribution in [0, 0.1) is 0 Å². The van der Waals surface area contributed by atoms with E-state index in [1.54, 1.807) is 29.4 Å². The summed E-state index contributed by atoms with van der Waals surface area (Å²) in [6.45, 7) is 0.383. The van der Waals surface area contributed by atoms with Crippen LogP contribution >= 0.6 is 0 Å². The third kappa shape index (κ3) is 2.19. The van der Waals surface area contributed by atoms with E-state index < -0.39 is 0 Å². The maximum absolute atomic E-state index is 11.7. The highest BCUT2D eigenvalue weighted by molar-refractivity contribution is 5.93. The van der Waals surface area contributed by atoms with Gasteiger partial charge in [0.15, 0.2) is 0 Å². The summed E-state index contributed by atoms with van der Waals surface area (Å²) in [7, 11) is 1.36. The Hall–Kier alpha value is -2.14. The largest absolute Gasteiger partial charge is 0.465 e. The van der Waals surface area contributed by atoms with Crippen LogP contribution in [0.5, 0.6) is 0 Å². The second-order valence-corrected chi connectivity index (χ2v) is 3.52. The Balaban J connectivity index is 2.55. The third-order valence-corrected chi connectivity index (χ3v) is 2.48. The molecule has 0 saturated heterocycles. The minimum atomic E-state index is -0.385. The summed E-state index contributed by atoms with van der Waals surface area (Å²) in [5.74, 6) is -0.385. The molecule has 2 aromatic rings. The zero-order valence-corrected chi connectivity index (χ0v) is 9.46. The zero-order chi connectivity index (χ0) is 12.3. The van der Waals surface area contributed by atoms with Crippen molar-refractivity contribution in [2.75, 3.05) is 7.11 Å². The lowest BCUT2D eigenvalue weighted by atomic mass is 10.1. The van der Waals surface area contributed by atoms with Crippen LogP contribution in [0.15, 0.2) is 36.9 Å². The van der Waals surface area contributed by atoms with E-state index in [9.17, 15) is 4.79 Å². The van der Waals surface area contributed by atoms with Crippen molar-refractivity contribution < 1.29 is 9.53 Å². The average molecular weight is 231 g/mol. The summed E-state index contributed by atoms with van der Waals surface area (Å²) in [6.07, 6.45) is 5.05. The van der Waals surface area contributed by atoms with Gasteiger partial charge in [0, 0.05) is 18.9 Å². The molecule has 1 heterocycles. The topological polar surface area (TPSA) is 70.1 Å². The molecule has 2 N–H and O–H groups in total. The van der Waals surface area contributed by atoms with Crippen LogP contribution in [-0.4, -0.2) is 22.6 Å². The standard InChI is InChI=1S/C12H13N3O2/c1-17-12(16)10-6-9(7-13)2-3-11(10)15-5-4-14-8-15/h2-6,8H,7,13H2,1H3. The van der Waals surface area contributed by atoms with Crippen molar-refractivity contribution >= 4 is 5.97 Å². The molecule has 88 valence electrons. The molecule has 0 unspecified atom stereocenters.